The van der Waals surface area contributed by atoms with E-state index < -0.39 is 10.0 Å². The number of benzene rings is 1. The van der Waals surface area contributed by atoms with Gasteiger partial charge in [-0.25, -0.2) is 8.42 Å². The molecule has 0 radical (unpaired) electrons. The summed E-state index contributed by atoms with van der Waals surface area (Å²) in [6.07, 6.45) is 1.52. The Morgan fingerprint density at radius 1 is 1.56 bits per heavy atom. The second kappa shape index (κ2) is 6.01. The van der Waals surface area contributed by atoms with E-state index in [1.807, 2.05) is 6.07 Å². The van der Waals surface area contributed by atoms with Crippen molar-refractivity contribution in [2.75, 3.05) is 13.1 Å². The van der Waals surface area contributed by atoms with Gasteiger partial charge in [0.05, 0.1) is 15.5 Å². The van der Waals surface area contributed by atoms with Gasteiger partial charge in [-0.2, -0.15) is 9.57 Å². The lowest BCUT2D eigenvalue weighted by molar-refractivity contribution is 0.460. The zero-order valence-electron chi connectivity index (χ0n) is 9.93. The standard InChI is InChI=1S/C12H13ClN2O2S/c1-3-7-15(4-2)18(16,17)11-6-5-10(9-14)12(13)8-11/h3,5-6,8H,1,4,7H2,2H3. The van der Waals surface area contributed by atoms with Gasteiger partial charge in [-0.05, 0) is 18.2 Å². The van der Waals surface area contributed by atoms with Gasteiger partial charge in [0, 0.05) is 13.1 Å². The van der Waals surface area contributed by atoms with Gasteiger partial charge in [-0.1, -0.05) is 24.6 Å². The van der Waals surface area contributed by atoms with Crippen LogP contribution >= 0.6 is 11.6 Å². The lowest BCUT2D eigenvalue weighted by Gasteiger charge is -2.18. The Balaban J connectivity index is 3.24. The minimum Gasteiger partial charge on any atom is -0.207 e. The third-order valence-corrected chi connectivity index (χ3v) is 4.63. The van der Waals surface area contributed by atoms with E-state index >= 15 is 0 Å². The van der Waals surface area contributed by atoms with Crippen LogP contribution in [0.3, 0.4) is 0 Å². The monoisotopic (exact) mass is 284 g/mol. The van der Waals surface area contributed by atoms with Crippen LogP contribution in [0.4, 0.5) is 0 Å². The zero-order chi connectivity index (χ0) is 13.8. The van der Waals surface area contributed by atoms with Crippen molar-refractivity contribution in [1.29, 1.82) is 5.26 Å². The molecule has 0 saturated heterocycles. The molecule has 0 fully saturated rings. The fraction of sp³-hybridized carbons (Fsp3) is 0.250. The van der Waals surface area contributed by atoms with Gasteiger partial charge in [-0.15, -0.1) is 6.58 Å². The summed E-state index contributed by atoms with van der Waals surface area (Å²) in [6, 6.07) is 5.96. The third kappa shape index (κ3) is 2.91. The fourth-order valence-electron chi connectivity index (χ4n) is 1.44. The van der Waals surface area contributed by atoms with E-state index in [1.54, 1.807) is 6.92 Å². The summed E-state index contributed by atoms with van der Waals surface area (Å²) in [6.45, 7) is 5.84. The van der Waals surface area contributed by atoms with Gasteiger partial charge in [0.2, 0.25) is 10.0 Å². The molecule has 4 nitrogen and oxygen atoms in total. The predicted molar refractivity (Wildman–Crippen MR) is 70.8 cm³/mol. The van der Waals surface area contributed by atoms with Gasteiger partial charge < -0.3 is 0 Å². The molecule has 0 spiro atoms. The first-order valence-corrected chi connectivity index (χ1v) is 7.09. The summed E-state index contributed by atoms with van der Waals surface area (Å²) in [7, 11) is -3.59. The normalized spacial score (nSPS) is 11.2. The van der Waals surface area contributed by atoms with Crippen molar-refractivity contribution in [3.63, 3.8) is 0 Å². The van der Waals surface area contributed by atoms with Crippen molar-refractivity contribution in [3.8, 4) is 6.07 Å². The number of halogens is 1. The maximum Gasteiger partial charge on any atom is 0.243 e. The van der Waals surface area contributed by atoms with E-state index in [1.165, 1.54) is 28.6 Å². The van der Waals surface area contributed by atoms with Crippen LogP contribution in [0.1, 0.15) is 12.5 Å². The number of rotatable bonds is 5. The summed E-state index contributed by atoms with van der Waals surface area (Å²) in [5.41, 5.74) is 0.252. The number of nitriles is 1. The Bertz CT molecular complexity index is 591. The molecule has 0 amide bonds. The molecule has 0 N–H and O–H groups in total. The molecule has 0 saturated carbocycles. The van der Waals surface area contributed by atoms with Crippen LogP contribution in [0.15, 0.2) is 35.7 Å². The molecular weight excluding hydrogens is 272 g/mol. The summed E-state index contributed by atoms with van der Waals surface area (Å²) >= 11 is 5.83. The Morgan fingerprint density at radius 2 is 2.22 bits per heavy atom. The van der Waals surface area contributed by atoms with Crippen LogP contribution in [-0.2, 0) is 10.0 Å². The van der Waals surface area contributed by atoms with Crippen molar-refractivity contribution >= 4 is 21.6 Å². The van der Waals surface area contributed by atoms with E-state index in [0.717, 1.165) is 0 Å². The Kier molecular flexibility index (Phi) is 4.91. The van der Waals surface area contributed by atoms with Crippen LogP contribution in [0, 0.1) is 11.3 Å². The molecule has 0 aliphatic heterocycles. The predicted octanol–water partition coefficient (Wildman–Crippen LogP) is 2.41. The molecule has 0 heterocycles. The van der Waals surface area contributed by atoms with Crippen LogP contribution in [0.25, 0.3) is 0 Å². The van der Waals surface area contributed by atoms with Crippen LogP contribution in [0.5, 0.6) is 0 Å². The number of nitrogens with zero attached hydrogens (tertiary/aromatic N) is 2. The maximum atomic E-state index is 12.2. The average Bonchev–Trinajstić information content (AvgIpc) is 2.35. The molecule has 1 rings (SSSR count). The molecule has 1 aromatic rings. The smallest absolute Gasteiger partial charge is 0.207 e. The lowest BCUT2D eigenvalue weighted by atomic mass is 10.2. The van der Waals surface area contributed by atoms with Crippen LogP contribution in [0.2, 0.25) is 5.02 Å². The van der Waals surface area contributed by atoms with Gasteiger partial charge in [0.1, 0.15) is 6.07 Å². The summed E-state index contributed by atoms with van der Waals surface area (Å²) in [4.78, 5) is 0.0789. The number of sulfonamides is 1. The molecule has 0 bridgehead atoms. The Labute approximate surface area is 112 Å². The largest absolute Gasteiger partial charge is 0.243 e. The number of hydrogen-bond donors (Lipinski definition) is 0. The van der Waals surface area contributed by atoms with Crippen molar-refractivity contribution in [2.45, 2.75) is 11.8 Å². The van der Waals surface area contributed by atoms with Gasteiger partial charge in [0.15, 0.2) is 0 Å². The molecule has 0 aromatic heterocycles. The highest BCUT2D eigenvalue weighted by Crippen LogP contribution is 2.22. The second-order valence-electron chi connectivity index (χ2n) is 3.50. The minimum atomic E-state index is -3.59. The van der Waals surface area contributed by atoms with E-state index in [-0.39, 0.29) is 22.0 Å². The maximum absolute atomic E-state index is 12.2. The van der Waals surface area contributed by atoms with E-state index in [9.17, 15) is 8.42 Å². The SMILES string of the molecule is C=CCN(CC)S(=O)(=O)c1ccc(C#N)c(Cl)c1. The average molecular weight is 285 g/mol. The molecular formula is C12H13ClN2O2S. The molecule has 0 aliphatic rings. The summed E-state index contributed by atoms with van der Waals surface area (Å²) in [5.74, 6) is 0. The topological polar surface area (TPSA) is 61.2 Å². The van der Waals surface area contributed by atoms with Crippen molar-refractivity contribution in [1.82, 2.24) is 4.31 Å². The van der Waals surface area contributed by atoms with E-state index in [4.69, 9.17) is 16.9 Å². The number of likely N-dealkylation sites (N-methyl/N-ethyl adjacent to an activating group) is 1. The lowest BCUT2D eigenvalue weighted by Crippen LogP contribution is -2.31. The van der Waals surface area contributed by atoms with Crippen LogP contribution in [-0.4, -0.2) is 25.8 Å². The van der Waals surface area contributed by atoms with E-state index in [0.29, 0.717) is 6.54 Å². The molecule has 96 valence electrons. The molecule has 18 heavy (non-hydrogen) atoms. The first kappa shape index (κ1) is 14.7. The third-order valence-electron chi connectivity index (χ3n) is 2.38. The summed E-state index contributed by atoms with van der Waals surface area (Å²) in [5, 5.41) is 8.88. The molecule has 1 aromatic carbocycles. The molecule has 0 unspecified atom stereocenters. The van der Waals surface area contributed by atoms with E-state index in [2.05, 4.69) is 6.58 Å². The quantitative estimate of drug-likeness (QED) is 0.780. The molecule has 0 atom stereocenters. The highest BCUT2D eigenvalue weighted by molar-refractivity contribution is 7.89. The highest BCUT2D eigenvalue weighted by Gasteiger charge is 2.22. The van der Waals surface area contributed by atoms with Crippen molar-refractivity contribution in [2.24, 2.45) is 0 Å². The first-order valence-electron chi connectivity index (χ1n) is 5.28. The minimum absolute atomic E-state index is 0.0789. The first-order chi connectivity index (χ1) is 8.47. The van der Waals surface area contributed by atoms with Gasteiger partial charge in [-0.3, -0.25) is 0 Å². The molecule has 0 aliphatic carbocycles. The van der Waals surface area contributed by atoms with Gasteiger partial charge >= 0.3 is 0 Å². The highest BCUT2D eigenvalue weighted by atomic mass is 35.5. The number of hydrogen-bond acceptors (Lipinski definition) is 3. The molecule has 6 heteroatoms. The Morgan fingerprint density at radius 3 is 2.67 bits per heavy atom. The van der Waals surface area contributed by atoms with Crippen molar-refractivity contribution in [3.05, 3.63) is 41.4 Å². The van der Waals surface area contributed by atoms with Crippen molar-refractivity contribution < 1.29 is 8.42 Å². The van der Waals surface area contributed by atoms with Crippen LogP contribution < -0.4 is 0 Å². The fourth-order valence-corrected chi connectivity index (χ4v) is 3.17. The zero-order valence-corrected chi connectivity index (χ0v) is 11.5. The van der Waals surface area contributed by atoms with Gasteiger partial charge in [0.25, 0.3) is 0 Å². The summed E-state index contributed by atoms with van der Waals surface area (Å²) < 4.78 is 25.8. The Hall–Kier alpha value is -1.35. The second-order valence-corrected chi connectivity index (χ2v) is 5.84.